The first-order chi connectivity index (χ1) is 11.9. The summed E-state index contributed by atoms with van der Waals surface area (Å²) in [5.74, 6) is 0.670. The molecule has 2 aromatic rings. The van der Waals surface area contributed by atoms with Gasteiger partial charge >= 0.3 is 6.18 Å². The Kier molecular flexibility index (Phi) is 4.77. The molecule has 4 nitrogen and oxygen atoms in total. The van der Waals surface area contributed by atoms with Crippen molar-refractivity contribution in [3.63, 3.8) is 0 Å². The normalized spacial score (nSPS) is 18.2. The molecule has 134 valence electrons. The molecule has 0 aromatic carbocycles. The standard InChI is InChI=1S/C15H12ClF3N4.C2H6/c16-10-6-11-14(21-9-2-4-23(11)7-9)22-13(10)8-1-3-20-12(5-8)15(17,18)19;1-2/h1,3,5-6,9H,2,4,7H2,(H,21,22);1-2H3. The van der Waals surface area contributed by atoms with Gasteiger partial charge in [0.25, 0.3) is 0 Å². The molecule has 2 bridgehead atoms. The molecule has 1 saturated heterocycles. The lowest BCUT2D eigenvalue weighted by Crippen LogP contribution is -2.32. The SMILES string of the molecule is CC.FC(F)(F)c1cc(-c2nc3c(cc2Cl)N2CCC(C2)N3)ccn1. The minimum Gasteiger partial charge on any atom is -0.366 e. The molecule has 8 heteroatoms. The Hall–Kier alpha value is -2.02. The van der Waals surface area contributed by atoms with Crippen LogP contribution in [0.1, 0.15) is 26.0 Å². The first-order valence-electron chi connectivity index (χ1n) is 8.17. The van der Waals surface area contributed by atoms with Crippen LogP contribution in [-0.4, -0.2) is 29.1 Å². The number of nitrogens with zero attached hydrogens (tertiary/aromatic N) is 3. The van der Waals surface area contributed by atoms with Gasteiger partial charge in [-0.1, -0.05) is 25.4 Å². The van der Waals surface area contributed by atoms with Crippen LogP contribution in [0.15, 0.2) is 24.4 Å². The van der Waals surface area contributed by atoms with Gasteiger partial charge in [0.2, 0.25) is 0 Å². The summed E-state index contributed by atoms with van der Waals surface area (Å²) in [6, 6.07) is 4.54. The molecule has 25 heavy (non-hydrogen) atoms. The van der Waals surface area contributed by atoms with Crippen molar-refractivity contribution in [1.29, 1.82) is 0 Å². The number of rotatable bonds is 1. The van der Waals surface area contributed by atoms with Crippen LogP contribution >= 0.6 is 11.6 Å². The van der Waals surface area contributed by atoms with Gasteiger partial charge in [-0.15, -0.1) is 0 Å². The van der Waals surface area contributed by atoms with E-state index in [9.17, 15) is 13.2 Å². The summed E-state index contributed by atoms with van der Waals surface area (Å²) in [4.78, 5) is 10.0. The van der Waals surface area contributed by atoms with Crippen LogP contribution < -0.4 is 10.2 Å². The van der Waals surface area contributed by atoms with Crippen molar-refractivity contribution in [2.75, 3.05) is 23.3 Å². The predicted molar refractivity (Wildman–Crippen MR) is 93.1 cm³/mol. The van der Waals surface area contributed by atoms with Gasteiger partial charge in [0.15, 0.2) is 5.82 Å². The van der Waals surface area contributed by atoms with Crippen LogP contribution in [0.4, 0.5) is 24.7 Å². The van der Waals surface area contributed by atoms with Gasteiger partial charge in [-0.3, -0.25) is 4.98 Å². The number of aromatic nitrogens is 2. The maximum absolute atomic E-state index is 12.8. The molecule has 0 amide bonds. The van der Waals surface area contributed by atoms with E-state index in [1.54, 1.807) is 6.07 Å². The van der Waals surface area contributed by atoms with Crippen molar-refractivity contribution >= 4 is 23.1 Å². The van der Waals surface area contributed by atoms with E-state index in [0.29, 0.717) is 28.1 Å². The molecule has 1 N–H and O–H groups in total. The average Bonchev–Trinajstić information content (AvgIpc) is 2.99. The number of hydrogen-bond acceptors (Lipinski definition) is 4. The van der Waals surface area contributed by atoms with Crippen molar-refractivity contribution in [3.05, 3.63) is 35.1 Å². The van der Waals surface area contributed by atoms with Crippen LogP contribution in [0.5, 0.6) is 0 Å². The Morgan fingerprint density at radius 3 is 2.76 bits per heavy atom. The number of alkyl halides is 3. The zero-order valence-corrected chi connectivity index (χ0v) is 14.6. The van der Waals surface area contributed by atoms with Gasteiger partial charge in [-0.05, 0) is 24.6 Å². The zero-order chi connectivity index (χ0) is 18.2. The van der Waals surface area contributed by atoms with Crippen LogP contribution in [-0.2, 0) is 6.18 Å². The third-order valence-electron chi connectivity index (χ3n) is 4.15. The maximum atomic E-state index is 12.8. The molecule has 0 spiro atoms. The highest BCUT2D eigenvalue weighted by molar-refractivity contribution is 6.33. The lowest BCUT2D eigenvalue weighted by molar-refractivity contribution is -0.141. The van der Waals surface area contributed by atoms with E-state index in [1.165, 1.54) is 6.07 Å². The summed E-state index contributed by atoms with van der Waals surface area (Å²) in [6.45, 7) is 5.83. The first kappa shape index (κ1) is 17.8. The highest BCUT2D eigenvalue weighted by atomic mass is 35.5. The fraction of sp³-hybridized carbons (Fsp3) is 0.412. The Labute approximate surface area is 149 Å². The van der Waals surface area contributed by atoms with Gasteiger partial charge in [0, 0.05) is 30.9 Å². The van der Waals surface area contributed by atoms with Gasteiger partial charge < -0.3 is 10.2 Å². The molecule has 2 aromatic heterocycles. The summed E-state index contributed by atoms with van der Waals surface area (Å²) in [5, 5.41) is 3.65. The van der Waals surface area contributed by atoms with Crippen LogP contribution in [0.25, 0.3) is 11.3 Å². The second-order valence-electron chi connectivity index (χ2n) is 5.69. The predicted octanol–water partition coefficient (Wildman–Crippen LogP) is 4.85. The van der Waals surface area contributed by atoms with Crippen LogP contribution in [0, 0.1) is 0 Å². The molecule has 0 saturated carbocycles. The Morgan fingerprint density at radius 1 is 1.28 bits per heavy atom. The topological polar surface area (TPSA) is 41.1 Å². The van der Waals surface area contributed by atoms with Gasteiger partial charge in [0.05, 0.1) is 16.4 Å². The van der Waals surface area contributed by atoms with Gasteiger partial charge in [-0.25, -0.2) is 4.98 Å². The third kappa shape index (κ3) is 3.38. The molecule has 1 unspecified atom stereocenters. The van der Waals surface area contributed by atoms with Crippen molar-refractivity contribution in [2.45, 2.75) is 32.5 Å². The second-order valence-corrected chi connectivity index (χ2v) is 6.10. The fourth-order valence-corrected chi connectivity index (χ4v) is 3.31. The molecule has 2 aliphatic rings. The van der Waals surface area contributed by atoms with E-state index in [4.69, 9.17) is 11.6 Å². The first-order valence-corrected chi connectivity index (χ1v) is 8.55. The number of fused-ring (bicyclic) bond motifs is 4. The number of pyridine rings is 2. The maximum Gasteiger partial charge on any atom is 0.433 e. The Bertz CT molecular complexity index is 779. The van der Waals surface area contributed by atoms with Gasteiger partial charge in [-0.2, -0.15) is 13.2 Å². The van der Waals surface area contributed by atoms with E-state index < -0.39 is 11.9 Å². The molecular weight excluding hydrogens is 353 g/mol. The minimum absolute atomic E-state index is 0.301. The number of nitrogens with one attached hydrogen (secondary N) is 1. The lowest BCUT2D eigenvalue weighted by Gasteiger charge is -2.28. The monoisotopic (exact) mass is 370 g/mol. The van der Waals surface area contributed by atoms with Crippen LogP contribution in [0.2, 0.25) is 5.02 Å². The smallest absolute Gasteiger partial charge is 0.366 e. The highest BCUT2D eigenvalue weighted by Gasteiger charge is 2.34. The quantitative estimate of drug-likeness (QED) is 0.779. The molecule has 4 heterocycles. The second kappa shape index (κ2) is 6.71. The number of halogens is 4. The van der Waals surface area contributed by atoms with E-state index in [-0.39, 0.29) is 0 Å². The zero-order valence-electron chi connectivity index (χ0n) is 13.9. The number of anilines is 2. The summed E-state index contributed by atoms with van der Waals surface area (Å²) in [7, 11) is 0. The van der Waals surface area contributed by atoms with Crippen molar-refractivity contribution in [2.24, 2.45) is 0 Å². The summed E-state index contributed by atoms with van der Waals surface area (Å²) < 4.78 is 38.5. The Morgan fingerprint density at radius 2 is 2.04 bits per heavy atom. The van der Waals surface area contributed by atoms with Crippen molar-refractivity contribution in [3.8, 4) is 11.3 Å². The third-order valence-corrected chi connectivity index (χ3v) is 4.44. The van der Waals surface area contributed by atoms with Crippen molar-refractivity contribution < 1.29 is 13.2 Å². The fourth-order valence-electron chi connectivity index (χ4n) is 3.05. The van der Waals surface area contributed by atoms with Crippen molar-refractivity contribution in [1.82, 2.24) is 9.97 Å². The molecule has 1 atom stereocenters. The molecule has 4 rings (SSSR count). The van der Waals surface area contributed by atoms with Crippen LogP contribution in [0.3, 0.4) is 0 Å². The largest absolute Gasteiger partial charge is 0.433 e. The van der Waals surface area contributed by atoms with E-state index in [2.05, 4.69) is 20.2 Å². The Balaban J connectivity index is 0.000000880. The molecule has 0 radical (unpaired) electrons. The summed E-state index contributed by atoms with van der Waals surface area (Å²) in [5.41, 5.74) is 0.572. The van der Waals surface area contributed by atoms with Gasteiger partial charge in [0.1, 0.15) is 5.69 Å². The molecule has 1 fully saturated rings. The summed E-state index contributed by atoms with van der Waals surface area (Å²) >= 11 is 6.28. The minimum atomic E-state index is -4.50. The lowest BCUT2D eigenvalue weighted by atomic mass is 10.1. The molecule has 2 aliphatic heterocycles. The van der Waals surface area contributed by atoms with E-state index in [1.807, 2.05) is 13.8 Å². The number of hydrogen-bond donors (Lipinski definition) is 1. The molecule has 0 aliphatic carbocycles. The summed E-state index contributed by atoms with van der Waals surface area (Å²) in [6.07, 6.45) is -2.37. The highest BCUT2D eigenvalue weighted by Crippen LogP contribution is 2.40. The van der Waals surface area contributed by atoms with E-state index in [0.717, 1.165) is 37.5 Å². The molecular formula is C17H18ClF3N4. The average molecular weight is 371 g/mol. The van der Waals surface area contributed by atoms with E-state index >= 15 is 0 Å².